The topological polar surface area (TPSA) is 90.7 Å². The van der Waals surface area contributed by atoms with Gasteiger partial charge in [-0.1, -0.05) is 42.2 Å². The minimum atomic E-state index is -1.29. The maximum atomic E-state index is 12.9. The monoisotopic (exact) mass is 408 g/mol. The fourth-order valence-corrected chi connectivity index (χ4v) is 4.20. The van der Waals surface area contributed by atoms with Crippen LogP contribution in [0.5, 0.6) is 5.75 Å². The summed E-state index contributed by atoms with van der Waals surface area (Å²) in [5.41, 5.74) is 1.65. The number of hydrogen-bond donors (Lipinski definition) is 2. The van der Waals surface area contributed by atoms with E-state index in [1.807, 2.05) is 30.3 Å². The first-order valence-electron chi connectivity index (χ1n) is 8.14. The number of rotatable bonds is 3. The normalized spacial score (nSPS) is 15.6. The average Bonchev–Trinajstić information content (AvgIpc) is 2.96. The number of aromatic carboxylic acids is 1. The Morgan fingerprint density at radius 1 is 1.18 bits per heavy atom. The second kappa shape index (κ2) is 7.06. The van der Waals surface area contributed by atoms with Crippen LogP contribution in [0.3, 0.4) is 0 Å². The summed E-state index contributed by atoms with van der Waals surface area (Å²) >= 11 is 6.47. The Labute approximate surface area is 169 Å². The number of carbonyl (C=O) groups is 2. The third kappa shape index (κ3) is 3.12. The van der Waals surface area contributed by atoms with E-state index in [-0.39, 0.29) is 21.5 Å². The predicted octanol–water partition coefficient (Wildman–Crippen LogP) is 4.04. The van der Waals surface area contributed by atoms with Crippen molar-refractivity contribution >= 4 is 62.8 Å². The van der Waals surface area contributed by atoms with Gasteiger partial charge in [0.25, 0.3) is 5.91 Å². The molecule has 8 heteroatoms. The van der Waals surface area contributed by atoms with Gasteiger partial charge in [-0.15, -0.1) is 0 Å². The molecule has 1 fully saturated rings. The predicted molar refractivity (Wildman–Crippen MR) is 112 cm³/mol. The molecule has 3 aromatic rings. The third-order valence-corrected chi connectivity index (χ3v) is 5.53. The van der Waals surface area contributed by atoms with Crippen LogP contribution < -0.4 is 4.90 Å². The van der Waals surface area contributed by atoms with Crippen molar-refractivity contribution in [2.24, 2.45) is 0 Å². The summed E-state index contributed by atoms with van der Waals surface area (Å²) in [7, 11) is 0. The van der Waals surface area contributed by atoms with E-state index in [2.05, 4.69) is 4.98 Å². The summed E-state index contributed by atoms with van der Waals surface area (Å²) in [6.07, 6.45) is 3.43. The van der Waals surface area contributed by atoms with Crippen LogP contribution in [0, 0.1) is 0 Å². The molecule has 1 aliphatic heterocycles. The number of amides is 1. The highest BCUT2D eigenvalue weighted by Gasteiger charge is 2.34. The molecule has 1 aromatic heterocycles. The van der Waals surface area contributed by atoms with E-state index in [1.165, 1.54) is 23.1 Å². The first kappa shape index (κ1) is 18.1. The second-order valence-electron chi connectivity index (χ2n) is 5.94. The van der Waals surface area contributed by atoms with E-state index in [0.717, 1.165) is 28.2 Å². The molecule has 2 heterocycles. The quantitative estimate of drug-likeness (QED) is 0.499. The fraction of sp³-hybridized carbons (Fsp3) is 0. The number of phenols is 1. The molecule has 0 aliphatic carbocycles. The van der Waals surface area contributed by atoms with Gasteiger partial charge >= 0.3 is 5.97 Å². The summed E-state index contributed by atoms with van der Waals surface area (Å²) in [5, 5.41) is 19.8. The second-order valence-corrected chi connectivity index (χ2v) is 7.62. The number of carboxylic acids is 1. The number of thioether (sulfide) groups is 1. The van der Waals surface area contributed by atoms with Gasteiger partial charge in [-0.05, 0) is 42.0 Å². The first-order valence-corrected chi connectivity index (χ1v) is 9.36. The zero-order valence-corrected chi connectivity index (χ0v) is 15.8. The van der Waals surface area contributed by atoms with Gasteiger partial charge in [-0.2, -0.15) is 0 Å². The van der Waals surface area contributed by atoms with Crippen molar-refractivity contribution in [3.8, 4) is 5.75 Å². The van der Waals surface area contributed by atoms with Crippen LogP contribution in [0.4, 0.5) is 5.69 Å². The summed E-state index contributed by atoms with van der Waals surface area (Å²) in [5.74, 6) is -2.01. The molecule has 1 aliphatic rings. The number of carbonyl (C=O) groups excluding carboxylic acids is 1. The van der Waals surface area contributed by atoms with Gasteiger partial charge in [0.1, 0.15) is 11.3 Å². The fourth-order valence-electron chi connectivity index (χ4n) is 2.91. The largest absolute Gasteiger partial charge is 0.507 e. The minimum Gasteiger partial charge on any atom is -0.507 e. The molecule has 6 nitrogen and oxygen atoms in total. The number of fused-ring (bicyclic) bond motifs is 1. The summed E-state index contributed by atoms with van der Waals surface area (Å²) in [6, 6.07) is 13.3. The van der Waals surface area contributed by atoms with Crippen molar-refractivity contribution in [2.75, 3.05) is 4.90 Å². The van der Waals surface area contributed by atoms with Crippen molar-refractivity contribution in [1.82, 2.24) is 4.98 Å². The van der Waals surface area contributed by atoms with Crippen LogP contribution in [-0.4, -0.2) is 31.4 Å². The number of carboxylic acid groups (broad SMARTS) is 1. The minimum absolute atomic E-state index is 0.289. The number of aromatic hydroxyl groups is 1. The Morgan fingerprint density at radius 3 is 2.75 bits per heavy atom. The summed E-state index contributed by atoms with van der Waals surface area (Å²) < 4.78 is 0.289. The molecule has 2 N–H and O–H groups in total. The van der Waals surface area contributed by atoms with Crippen LogP contribution in [0.25, 0.3) is 17.0 Å². The molecule has 0 bridgehead atoms. The molecular weight excluding hydrogens is 396 g/mol. The molecular formula is C20H12N2O4S2. The highest BCUT2D eigenvalue weighted by molar-refractivity contribution is 8.27. The molecule has 28 heavy (non-hydrogen) atoms. The lowest BCUT2D eigenvalue weighted by molar-refractivity contribution is -0.113. The number of anilines is 1. The van der Waals surface area contributed by atoms with Gasteiger partial charge in [0, 0.05) is 11.6 Å². The van der Waals surface area contributed by atoms with Gasteiger partial charge in [0.15, 0.2) is 4.32 Å². The number of nitrogens with zero attached hydrogens (tertiary/aromatic N) is 2. The lowest BCUT2D eigenvalue weighted by atomic mass is 10.1. The molecule has 0 atom stereocenters. The van der Waals surface area contributed by atoms with Crippen molar-refractivity contribution in [3.63, 3.8) is 0 Å². The van der Waals surface area contributed by atoms with Crippen LogP contribution in [0.1, 0.15) is 15.9 Å². The molecule has 1 amide bonds. The zero-order chi connectivity index (χ0) is 19.8. The van der Waals surface area contributed by atoms with E-state index in [0.29, 0.717) is 10.6 Å². The Balaban J connectivity index is 1.74. The third-order valence-electron chi connectivity index (χ3n) is 4.23. The maximum absolute atomic E-state index is 12.9. The molecule has 1 saturated heterocycles. The highest BCUT2D eigenvalue weighted by Crippen LogP contribution is 2.37. The van der Waals surface area contributed by atoms with E-state index >= 15 is 0 Å². The van der Waals surface area contributed by atoms with Crippen molar-refractivity contribution in [3.05, 3.63) is 70.8 Å². The van der Waals surface area contributed by atoms with Gasteiger partial charge in [-0.3, -0.25) is 14.7 Å². The number of para-hydroxylation sites is 1. The average molecular weight is 408 g/mol. The van der Waals surface area contributed by atoms with E-state index in [9.17, 15) is 19.8 Å². The molecule has 0 radical (unpaired) electrons. The number of pyridine rings is 1. The number of thiocarbonyl (C=S) groups is 1. The standard InChI is InChI=1S/C20H12N2O4S2/c23-16-6-5-12(10-14(16)19(25)26)22-18(24)17(28-20(22)27)9-11-7-8-21-15-4-2-1-3-13(11)15/h1-10,23H,(H,25,26)/b17-9-. The van der Waals surface area contributed by atoms with Gasteiger partial charge < -0.3 is 10.2 Å². The molecule has 138 valence electrons. The van der Waals surface area contributed by atoms with Gasteiger partial charge in [0.05, 0.1) is 16.1 Å². The van der Waals surface area contributed by atoms with Gasteiger partial charge in [-0.25, -0.2) is 4.79 Å². The Morgan fingerprint density at radius 2 is 1.96 bits per heavy atom. The highest BCUT2D eigenvalue weighted by atomic mass is 32.2. The lowest BCUT2D eigenvalue weighted by Gasteiger charge is -2.15. The first-order chi connectivity index (χ1) is 13.5. The lowest BCUT2D eigenvalue weighted by Crippen LogP contribution is -2.27. The smallest absolute Gasteiger partial charge is 0.339 e. The molecule has 4 rings (SSSR count). The summed E-state index contributed by atoms with van der Waals surface area (Å²) in [4.78, 5) is 30.2. The SMILES string of the molecule is O=C(O)c1cc(N2C(=O)/C(=C/c3ccnc4ccccc34)SC2=S)ccc1O. The molecule has 0 spiro atoms. The summed E-state index contributed by atoms with van der Waals surface area (Å²) in [6.45, 7) is 0. The molecule has 0 unspecified atom stereocenters. The van der Waals surface area contributed by atoms with Crippen LogP contribution >= 0.6 is 24.0 Å². The Hall–Kier alpha value is -3.23. The van der Waals surface area contributed by atoms with Crippen LogP contribution in [0.15, 0.2) is 59.6 Å². The van der Waals surface area contributed by atoms with E-state index in [4.69, 9.17) is 12.2 Å². The van der Waals surface area contributed by atoms with Crippen molar-refractivity contribution in [1.29, 1.82) is 0 Å². The van der Waals surface area contributed by atoms with Crippen LogP contribution in [-0.2, 0) is 4.79 Å². The van der Waals surface area contributed by atoms with Crippen molar-refractivity contribution in [2.45, 2.75) is 0 Å². The zero-order valence-electron chi connectivity index (χ0n) is 14.2. The number of aromatic nitrogens is 1. The Bertz CT molecular complexity index is 1180. The molecule has 2 aromatic carbocycles. The van der Waals surface area contributed by atoms with Gasteiger partial charge in [0.2, 0.25) is 0 Å². The van der Waals surface area contributed by atoms with E-state index in [1.54, 1.807) is 12.3 Å². The maximum Gasteiger partial charge on any atom is 0.339 e. The number of hydrogen-bond acceptors (Lipinski definition) is 6. The van der Waals surface area contributed by atoms with E-state index < -0.39 is 5.97 Å². The van der Waals surface area contributed by atoms with Crippen molar-refractivity contribution < 1.29 is 19.8 Å². The molecule has 0 saturated carbocycles. The number of benzene rings is 2. The van der Waals surface area contributed by atoms with Crippen LogP contribution in [0.2, 0.25) is 0 Å². The Kier molecular flexibility index (Phi) is 4.58.